The zero-order valence-electron chi connectivity index (χ0n) is 20.3. The molecule has 0 fully saturated rings. The van der Waals surface area contributed by atoms with Crippen LogP contribution in [0.1, 0.15) is 16.8 Å². The van der Waals surface area contributed by atoms with Gasteiger partial charge in [-0.3, -0.25) is 15.1 Å². The van der Waals surface area contributed by atoms with Crippen molar-refractivity contribution in [3.63, 3.8) is 0 Å². The van der Waals surface area contributed by atoms with Crippen molar-refractivity contribution in [1.29, 1.82) is 0 Å². The molecule has 1 unspecified atom stereocenters. The fraction of sp³-hybridized carbons (Fsp3) is 0.179. The molecule has 1 aliphatic heterocycles. The van der Waals surface area contributed by atoms with Crippen molar-refractivity contribution in [1.82, 2.24) is 25.5 Å². The molecular formula is C28H24N6O3S. The van der Waals surface area contributed by atoms with E-state index < -0.39 is 11.8 Å². The monoisotopic (exact) mass is 524 g/mol. The fourth-order valence-electron chi connectivity index (χ4n) is 4.82. The van der Waals surface area contributed by atoms with Crippen molar-refractivity contribution < 1.29 is 9.21 Å². The van der Waals surface area contributed by atoms with E-state index in [0.717, 1.165) is 33.6 Å². The highest BCUT2D eigenvalue weighted by atomic mass is 32.1. The van der Waals surface area contributed by atoms with Crippen molar-refractivity contribution in [2.24, 2.45) is 0 Å². The number of aromatic amines is 1. The van der Waals surface area contributed by atoms with E-state index in [4.69, 9.17) is 4.42 Å². The highest BCUT2D eigenvalue weighted by Gasteiger charge is 2.33. The van der Waals surface area contributed by atoms with Crippen molar-refractivity contribution in [2.75, 3.05) is 11.4 Å². The SMILES string of the molecule is O=C(C(Cc1ccccc1)NCc1cscn1)N1CCc2c(-c3n[nH]c(=O)o3)cc(-c3ccncc3)cc21. The lowest BCUT2D eigenvalue weighted by Crippen LogP contribution is -2.47. The lowest BCUT2D eigenvalue weighted by Gasteiger charge is -2.25. The Balaban J connectivity index is 1.38. The summed E-state index contributed by atoms with van der Waals surface area (Å²) in [6.07, 6.45) is 4.60. The molecule has 38 heavy (non-hydrogen) atoms. The van der Waals surface area contributed by atoms with Gasteiger partial charge >= 0.3 is 5.76 Å². The van der Waals surface area contributed by atoms with E-state index >= 15 is 0 Å². The standard InChI is InChI=1S/C28H24N6O3S/c35-27(24(12-18-4-2-1-3-5-18)30-15-21-16-38-17-31-21)34-11-8-22-23(26-32-33-28(36)37-26)13-20(14-25(22)34)19-6-9-29-10-7-19/h1-7,9-10,13-14,16-17,24,30H,8,11-12,15H2,(H,33,36). The Morgan fingerprint density at radius 1 is 1.13 bits per heavy atom. The highest BCUT2D eigenvalue weighted by Crippen LogP contribution is 2.40. The number of hydrogen-bond donors (Lipinski definition) is 2. The average Bonchev–Trinajstić information content (AvgIpc) is 3.72. The summed E-state index contributed by atoms with van der Waals surface area (Å²) in [6.45, 7) is 1.01. The predicted molar refractivity (Wildman–Crippen MR) is 145 cm³/mol. The quantitative estimate of drug-likeness (QED) is 0.317. The van der Waals surface area contributed by atoms with Gasteiger partial charge in [-0.05, 0) is 59.4 Å². The van der Waals surface area contributed by atoms with Gasteiger partial charge in [-0.2, -0.15) is 0 Å². The molecule has 190 valence electrons. The molecule has 0 aliphatic carbocycles. The van der Waals surface area contributed by atoms with Gasteiger partial charge in [0.25, 0.3) is 0 Å². The Kier molecular flexibility index (Phi) is 6.63. The van der Waals surface area contributed by atoms with Crippen LogP contribution < -0.4 is 16.0 Å². The Morgan fingerprint density at radius 2 is 1.97 bits per heavy atom. The maximum absolute atomic E-state index is 14.1. The van der Waals surface area contributed by atoms with Gasteiger partial charge in [0.05, 0.1) is 17.2 Å². The Bertz CT molecular complexity index is 1600. The van der Waals surface area contributed by atoms with Crippen molar-refractivity contribution in [3.05, 3.63) is 105 Å². The molecule has 10 heteroatoms. The van der Waals surface area contributed by atoms with Crippen LogP contribution in [0.15, 0.2) is 87.1 Å². The molecule has 0 radical (unpaired) electrons. The Labute approximate surface area is 222 Å². The molecule has 2 N–H and O–H groups in total. The summed E-state index contributed by atoms with van der Waals surface area (Å²) in [5.41, 5.74) is 7.97. The summed E-state index contributed by atoms with van der Waals surface area (Å²) in [5.74, 6) is -0.439. The molecule has 5 aromatic rings. The summed E-state index contributed by atoms with van der Waals surface area (Å²) in [7, 11) is 0. The van der Waals surface area contributed by atoms with Crippen LogP contribution in [0, 0.1) is 0 Å². The molecule has 9 nitrogen and oxygen atoms in total. The molecule has 3 aromatic heterocycles. The molecule has 0 saturated carbocycles. The van der Waals surface area contributed by atoms with E-state index in [1.54, 1.807) is 17.9 Å². The van der Waals surface area contributed by atoms with E-state index in [1.807, 2.05) is 64.9 Å². The first-order valence-corrected chi connectivity index (χ1v) is 13.2. The van der Waals surface area contributed by atoms with Gasteiger partial charge in [0.15, 0.2) is 0 Å². The number of amides is 1. The first kappa shape index (κ1) is 24.0. The molecule has 0 spiro atoms. The van der Waals surface area contributed by atoms with E-state index in [9.17, 15) is 9.59 Å². The normalized spacial score (nSPS) is 13.4. The summed E-state index contributed by atoms with van der Waals surface area (Å²) in [5, 5.41) is 11.8. The van der Waals surface area contributed by atoms with Crippen molar-refractivity contribution in [3.8, 4) is 22.6 Å². The number of carbonyl (C=O) groups is 1. The predicted octanol–water partition coefficient (Wildman–Crippen LogP) is 3.84. The average molecular weight is 525 g/mol. The number of H-pyrrole nitrogens is 1. The summed E-state index contributed by atoms with van der Waals surface area (Å²) in [6, 6.07) is 17.3. The van der Waals surface area contributed by atoms with Crippen LogP contribution in [-0.4, -0.2) is 38.7 Å². The number of nitrogens with zero attached hydrogens (tertiary/aromatic N) is 4. The maximum atomic E-state index is 14.1. The molecule has 0 bridgehead atoms. The zero-order chi connectivity index (χ0) is 25.9. The van der Waals surface area contributed by atoms with Gasteiger partial charge in [-0.15, -0.1) is 16.4 Å². The zero-order valence-corrected chi connectivity index (χ0v) is 21.1. The van der Waals surface area contributed by atoms with Crippen molar-refractivity contribution >= 4 is 22.9 Å². The number of aromatic nitrogens is 4. The van der Waals surface area contributed by atoms with Gasteiger partial charge in [0, 0.05) is 42.1 Å². The number of benzene rings is 2. The topological polar surface area (TPSA) is 117 Å². The Morgan fingerprint density at radius 3 is 2.71 bits per heavy atom. The first-order chi connectivity index (χ1) is 18.7. The van der Waals surface area contributed by atoms with Gasteiger partial charge in [0.2, 0.25) is 11.8 Å². The first-order valence-electron chi connectivity index (χ1n) is 12.2. The van der Waals surface area contributed by atoms with E-state index in [-0.39, 0.29) is 11.8 Å². The van der Waals surface area contributed by atoms with Crippen LogP contribution >= 0.6 is 11.3 Å². The number of carbonyl (C=O) groups excluding carboxylic acids is 1. The van der Waals surface area contributed by atoms with Crippen molar-refractivity contribution in [2.45, 2.75) is 25.4 Å². The molecule has 1 atom stereocenters. The lowest BCUT2D eigenvalue weighted by molar-refractivity contribution is -0.120. The second-order valence-corrected chi connectivity index (χ2v) is 9.74. The van der Waals surface area contributed by atoms with E-state index in [1.165, 1.54) is 11.3 Å². The van der Waals surface area contributed by atoms with Crippen LogP contribution in [-0.2, 0) is 24.2 Å². The molecule has 2 aromatic carbocycles. The van der Waals surface area contributed by atoms with Gasteiger partial charge in [-0.1, -0.05) is 30.3 Å². The summed E-state index contributed by atoms with van der Waals surface area (Å²) >= 11 is 1.53. The molecular weight excluding hydrogens is 500 g/mol. The third kappa shape index (κ3) is 4.91. The van der Waals surface area contributed by atoms with E-state index in [2.05, 4.69) is 25.5 Å². The third-order valence-electron chi connectivity index (χ3n) is 6.64. The lowest BCUT2D eigenvalue weighted by atomic mass is 9.97. The summed E-state index contributed by atoms with van der Waals surface area (Å²) in [4.78, 5) is 36.2. The number of rotatable bonds is 8. The van der Waals surface area contributed by atoms with Crippen LogP contribution in [0.25, 0.3) is 22.6 Å². The minimum Gasteiger partial charge on any atom is -0.388 e. The van der Waals surface area contributed by atoms with Gasteiger partial charge in [-0.25, -0.2) is 14.9 Å². The molecule has 6 rings (SSSR count). The molecule has 1 aliphatic rings. The van der Waals surface area contributed by atoms with Gasteiger partial charge < -0.3 is 9.32 Å². The second-order valence-electron chi connectivity index (χ2n) is 9.02. The van der Waals surface area contributed by atoms with Crippen LogP contribution in [0.4, 0.5) is 5.69 Å². The minimum atomic E-state index is -0.622. The Hall–Kier alpha value is -4.41. The van der Waals surface area contributed by atoms with Crippen LogP contribution in [0.5, 0.6) is 0 Å². The maximum Gasteiger partial charge on any atom is 0.434 e. The van der Waals surface area contributed by atoms with E-state index in [0.29, 0.717) is 31.5 Å². The smallest absolute Gasteiger partial charge is 0.388 e. The number of hydrogen-bond acceptors (Lipinski definition) is 8. The third-order valence-corrected chi connectivity index (χ3v) is 7.28. The number of anilines is 1. The van der Waals surface area contributed by atoms with Crippen LogP contribution in [0.3, 0.4) is 0 Å². The summed E-state index contributed by atoms with van der Waals surface area (Å²) < 4.78 is 5.33. The second kappa shape index (κ2) is 10.5. The number of fused-ring (bicyclic) bond motifs is 1. The minimum absolute atomic E-state index is 0.0239. The highest BCUT2D eigenvalue weighted by molar-refractivity contribution is 7.07. The molecule has 1 amide bonds. The van der Waals surface area contributed by atoms with Gasteiger partial charge in [0.1, 0.15) is 0 Å². The largest absolute Gasteiger partial charge is 0.434 e. The number of thiazole rings is 1. The number of nitrogens with one attached hydrogen (secondary N) is 2. The molecule has 4 heterocycles. The molecule has 0 saturated heterocycles. The number of pyridine rings is 1. The fourth-order valence-corrected chi connectivity index (χ4v) is 5.38. The van der Waals surface area contributed by atoms with Crippen LogP contribution in [0.2, 0.25) is 0 Å².